The predicted octanol–water partition coefficient (Wildman–Crippen LogP) is 2.28. The minimum atomic E-state index is 0.764. The lowest BCUT2D eigenvalue weighted by atomic mass is 10.4. The van der Waals surface area contributed by atoms with E-state index < -0.39 is 0 Å². The van der Waals surface area contributed by atoms with Crippen LogP contribution in [0, 0.1) is 0 Å². The SMILES string of the molecule is Cn1cc(CSCCCCl)cn1. The standard InChI is InChI=1S/C8H13ClN2S/c1-11-6-8(5-10-11)7-12-4-2-3-9/h5-6H,2-4,7H2,1H3. The van der Waals surface area contributed by atoms with Gasteiger partial charge in [0.25, 0.3) is 0 Å². The first-order valence-corrected chi connectivity index (χ1v) is 5.63. The molecule has 1 aromatic rings. The Hall–Kier alpha value is -0.150. The van der Waals surface area contributed by atoms with Crippen molar-refractivity contribution in [2.45, 2.75) is 12.2 Å². The maximum Gasteiger partial charge on any atom is 0.0530 e. The molecule has 0 aliphatic heterocycles. The minimum Gasteiger partial charge on any atom is -0.276 e. The van der Waals surface area contributed by atoms with Crippen molar-refractivity contribution in [3.05, 3.63) is 18.0 Å². The average Bonchev–Trinajstić information content (AvgIpc) is 2.45. The van der Waals surface area contributed by atoms with Crippen molar-refractivity contribution in [1.29, 1.82) is 0 Å². The Labute approximate surface area is 82.3 Å². The lowest BCUT2D eigenvalue weighted by Crippen LogP contribution is -1.85. The second-order valence-electron chi connectivity index (χ2n) is 2.62. The van der Waals surface area contributed by atoms with Crippen molar-refractivity contribution < 1.29 is 0 Å². The van der Waals surface area contributed by atoms with Crippen LogP contribution in [0.3, 0.4) is 0 Å². The molecule has 0 unspecified atom stereocenters. The van der Waals surface area contributed by atoms with E-state index in [4.69, 9.17) is 11.6 Å². The highest BCUT2D eigenvalue weighted by Gasteiger charge is 1.95. The molecule has 0 saturated carbocycles. The third-order valence-electron chi connectivity index (χ3n) is 1.45. The van der Waals surface area contributed by atoms with Gasteiger partial charge < -0.3 is 0 Å². The normalized spacial score (nSPS) is 10.5. The van der Waals surface area contributed by atoms with Crippen LogP contribution in [0.15, 0.2) is 12.4 Å². The Morgan fingerprint density at radius 3 is 3.08 bits per heavy atom. The van der Waals surface area contributed by atoms with Crippen molar-refractivity contribution in [1.82, 2.24) is 9.78 Å². The summed E-state index contributed by atoms with van der Waals surface area (Å²) in [6, 6.07) is 0. The van der Waals surface area contributed by atoms with Crippen LogP contribution in [0.5, 0.6) is 0 Å². The molecule has 0 spiro atoms. The lowest BCUT2D eigenvalue weighted by Gasteiger charge is -1.95. The van der Waals surface area contributed by atoms with E-state index in [-0.39, 0.29) is 0 Å². The van der Waals surface area contributed by atoms with Gasteiger partial charge in [0.1, 0.15) is 0 Å². The number of aryl methyl sites for hydroxylation is 1. The highest BCUT2D eigenvalue weighted by molar-refractivity contribution is 7.98. The summed E-state index contributed by atoms with van der Waals surface area (Å²) in [4.78, 5) is 0. The van der Waals surface area contributed by atoms with Gasteiger partial charge in [-0.25, -0.2) is 0 Å². The van der Waals surface area contributed by atoms with Gasteiger partial charge in [-0.05, 0) is 17.7 Å². The van der Waals surface area contributed by atoms with Crippen LogP contribution in [-0.2, 0) is 12.8 Å². The van der Waals surface area contributed by atoms with Crippen molar-refractivity contribution in [2.75, 3.05) is 11.6 Å². The highest BCUT2D eigenvalue weighted by Crippen LogP contribution is 2.11. The van der Waals surface area contributed by atoms with Crippen LogP contribution in [-0.4, -0.2) is 21.4 Å². The zero-order valence-corrected chi connectivity index (χ0v) is 8.74. The Balaban J connectivity index is 2.15. The summed E-state index contributed by atoms with van der Waals surface area (Å²) in [5.74, 6) is 2.95. The second kappa shape index (κ2) is 5.49. The molecule has 0 aliphatic carbocycles. The largest absolute Gasteiger partial charge is 0.276 e. The molecular formula is C8H13ClN2S. The molecule has 0 atom stereocenters. The van der Waals surface area contributed by atoms with Crippen molar-refractivity contribution in [3.63, 3.8) is 0 Å². The van der Waals surface area contributed by atoms with Gasteiger partial charge in [-0.3, -0.25) is 4.68 Å². The number of nitrogens with zero attached hydrogens (tertiary/aromatic N) is 2. The third-order valence-corrected chi connectivity index (χ3v) is 2.83. The minimum absolute atomic E-state index is 0.764. The zero-order chi connectivity index (χ0) is 8.81. The summed E-state index contributed by atoms with van der Waals surface area (Å²) in [6.45, 7) is 0. The molecule has 0 N–H and O–H groups in total. The summed E-state index contributed by atoms with van der Waals surface area (Å²) < 4.78 is 1.83. The van der Waals surface area contributed by atoms with Gasteiger partial charge in [0.2, 0.25) is 0 Å². The molecule has 0 bridgehead atoms. The average molecular weight is 205 g/mol. The molecular weight excluding hydrogens is 192 g/mol. The fourth-order valence-electron chi connectivity index (χ4n) is 0.893. The molecule has 4 heteroatoms. The Morgan fingerprint density at radius 1 is 1.67 bits per heavy atom. The number of hydrogen-bond donors (Lipinski definition) is 0. The first-order chi connectivity index (χ1) is 5.83. The fourth-order valence-corrected chi connectivity index (χ4v) is 2.06. The fraction of sp³-hybridized carbons (Fsp3) is 0.625. The number of hydrogen-bond acceptors (Lipinski definition) is 2. The molecule has 0 radical (unpaired) electrons. The smallest absolute Gasteiger partial charge is 0.0530 e. The summed E-state index contributed by atoms with van der Waals surface area (Å²) in [5.41, 5.74) is 1.29. The van der Waals surface area contributed by atoms with E-state index in [1.54, 1.807) is 0 Å². The van der Waals surface area contributed by atoms with Gasteiger partial charge in [0, 0.05) is 24.9 Å². The van der Waals surface area contributed by atoms with Crippen molar-refractivity contribution in [2.24, 2.45) is 7.05 Å². The summed E-state index contributed by atoms with van der Waals surface area (Å²) >= 11 is 7.46. The van der Waals surface area contributed by atoms with Gasteiger partial charge in [0.05, 0.1) is 6.20 Å². The maximum atomic E-state index is 5.56. The first kappa shape index (κ1) is 9.93. The molecule has 1 heterocycles. The van der Waals surface area contributed by atoms with Crippen LogP contribution >= 0.6 is 23.4 Å². The Bertz CT molecular complexity index is 225. The van der Waals surface area contributed by atoms with Crippen molar-refractivity contribution >= 4 is 23.4 Å². The van der Waals surface area contributed by atoms with E-state index in [1.165, 1.54) is 5.56 Å². The molecule has 2 nitrogen and oxygen atoms in total. The summed E-state index contributed by atoms with van der Waals surface area (Å²) in [6.07, 6.45) is 5.05. The molecule has 0 aromatic carbocycles. The van der Waals surface area contributed by atoms with E-state index >= 15 is 0 Å². The van der Waals surface area contributed by atoms with Gasteiger partial charge in [-0.15, -0.1) is 11.6 Å². The van der Waals surface area contributed by atoms with E-state index in [9.17, 15) is 0 Å². The number of halogens is 1. The molecule has 0 fully saturated rings. The van der Waals surface area contributed by atoms with Crippen LogP contribution in [0.1, 0.15) is 12.0 Å². The molecule has 68 valence electrons. The predicted molar refractivity (Wildman–Crippen MR) is 54.7 cm³/mol. The van der Waals surface area contributed by atoms with Gasteiger partial charge in [0.15, 0.2) is 0 Å². The Kier molecular flexibility index (Phi) is 4.54. The number of rotatable bonds is 5. The zero-order valence-electron chi connectivity index (χ0n) is 7.16. The van der Waals surface area contributed by atoms with Crippen LogP contribution in [0.2, 0.25) is 0 Å². The van der Waals surface area contributed by atoms with Crippen LogP contribution in [0.4, 0.5) is 0 Å². The summed E-state index contributed by atoms with van der Waals surface area (Å²) in [5, 5.41) is 4.09. The number of thioether (sulfide) groups is 1. The topological polar surface area (TPSA) is 17.8 Å². The second-order valence-corrected chi connectivity index (χ2v) is 4.10. The number of alkyl halides is 1. The Morgan fingerprint density at radius 2 is 2.50 bits per heavy atom. The van der Waals surface area contributed by atoms with Crippen LogP contribution < -0.4 is 0 Å². The van der Waals surface area contributed by atoms with Crippen molar-refractivity contribution in [3.8, 4) is 0 Å². The van der Waals surface area contributed by atoms with E-state index in [0.29, 0.717) is 0 Å². The molecule has 0 amide bonds. The maximum absolute atomic E-state index is 5.56. The molecule has 1 aromatic heterocycles. The van der Waals surface area contributed by atoms with Gasteiger partial charge >= 0.3 is 0 Å². The van der Waals surface area contributed by atoms with E-state index in [2.05, 4.69) is 5.10 Å². The van der Waals surface area contributed by atoms with Crippen LogP contribution in [0.25, 0.3) is 0 Å². The molecule has 0 saturated heterocycles. The first-order valence-electron chi connectivity index (χ1n) is 3.94. The number of aromatic nitrogens is 2. The monoisotopic (exact) mass is 204 g/mol. The lowest BCUT2D eigenvalue weighted by molar-refractivity contribution is 0.767. The highest BCUT2D eigenvalue weighted by atomic mass is 35.5. The molecule has 12 heavy (non-hydrogen) atoms. The summed E-state index contributed by atoms with van der Waals surface area (Å²) in [7, 11) is 1.94. The third kappa shape index (κ3) is 3.50. The van der Waals surface area contributed by atoms with Gasteiger partial charge in [-0.1, -0.05) is 0 Å². The van der Waals surface area contributed by atoms with E-state index in [0.717, 1.165) is 23.8 Å². The molecule has 1 rings (SSSR count). The van der Waals surface area contributed by atoms with Gasteiger partial charge in [-0.2, -0.15) is 16.9 Å². The molecule has 0 aliphatic rings. The quantitative estimate of drug-likeness (QED) is 0.541. The van der Waals surface area contributed by atoms with E-state index in [1.807, 2.05) is 35.9 Å².